The molecule has 0 N–H and O–H groups in total. The van der Waals surface area contributed by atoms with Crippen LogP contribution < -0.4 is 4.90 Å². The van der Waals surface area contributed by atoms with Gasteiger partial charge in [0.15, 0.2) is 0 Å². The number of nitrogens with zero attached hydrogens (tertiary/aromatic N) is 3. The molecule has 0 heterocycles. The zero-order valence-corrected chi connectivity index (χ0v) is 6.73. The lowest BCUT2D eigenvalue weighted by Gasteiger charge is -2.10. The zero-order chi connectivity index (χ0) is 8.69. The Morgan fingerprint density at radius 3 is 1.73 bits per heavy atom. The highest BCUT2D eigenvalue weighted by atomic mass is 15.1. The van der Waals surface area contributed by atoms with Gasteiger partial charge in [0.25, 0.3) is 0 Å². The van der Waals surface area contributed by atoms with Crippen molar-refractivity contribution < 1.29 is 0 Å². The minimum absolute atomic E-state index is 1.25. The Morgan fingerprint density at radius 2 is 1.45 bits per heavy atom. The SMILES string of the molecule is CN(C)c1ccccc1.N#N. The molecule has 1 aromatic rings. The van der Waals surface area contributed by atoms with Crippen molar-refractivity contribution in [2.45, 2.75) is 0 Å². The number of anilines is 1. The summed E-state index contributed by atoms with van der Waals surface area (Å²) in [6, 6.07) is 10.3. The first-order valence-electron chi connectivity index (χ1n) is 3.23. The normalized spacial score (nSPS) is 7.64. The van der Waals surface area contributed by atoms with Crippen LogP contribution >= 0.6 is 0 Å². The molecular weight excluding hydrogens is 138 g/mol. The first-order valence-corrected chi connectivity index (χ1v) is 3.23. The topological polar surface area (TPSA) is 50.8 Å². The van der Waals surface area contributed by atoms with Gasteiger partial charge in [0.05, 0.1) is 0 Å². The van der Waals surface area contributed by atoms with Crippen LogP contribution in [-0.4, -0.2) is 14.1 Å². The average molecular weight is 149 g/mol. The fourth-order valence-electron chi connectivity index (χ4n) is 0.726. The highest BCUT2D eigenvalue weighted by Gasteiger charge is 1.87. The van der Waals surface area contributed by atoms with Gasteiger partial charge in [-0.25, -0.2) is 0 Å². The molecule has 0 amide bonds. The number of hydrogen-bond donors (Lipinski definition) is 0. The van der Waals surface area contributed by atoms with Gasteiger partial charge in [0.1, 0.15) is 0 Å². The van der Waals surface area contributed by atoms with E-state index >= 15 is 0 Å². The van der Waals surface area contributed by atoms with Gasteiger partial charge >= 0.3 is 0 Å². The van der Waals surface area contributed by atoms with E-state index in [2.05, 4.69) is 17.0 Å². The summed E-state index contributed by atoms with van der Waals surface area (Å²) < 4.78 is 0. The number of hydrogen-bond acceptors (Lipinski definition) is 3. The van der Waals surface area contributed by atoms with Crippen LogP contribution in [0.4, 0.5) is 5.69 Å². The molecule has 0 aliphatic rings. The van der Waals surface area contributed by atoms with Crippen molar-refractivity contribution in [2.75, 3.05) is 19.0 Å². The summed E-state index contributed by atoms with van der Waals surface area (Å²) in [6.07, 6.45) is 0. The molecule has 3 heteroatoms. The number of para-hydroxylation sites is 1. The summed E-state index contributed by atoms with van der Waals surface area (Å²) in [4.78, 5) is 2.08. The van der Waals surface area contributed by atoms with E-state index in [0.29, 0.717) is 0 Å². The maximum Gasteiger partial charge on any atom is 0.0360 e. The monoisotopic (exact) mass is 149 g/mol. The Balaban J connectivity index is 0.000000461. The van der Waals surface area contributed by atoms with Gasteiger partial charge in [0, 0.05) is 30.6 Å². The summed E-state index contributed by atoms with van der Waals surface area (Å²) in [7, 11) is 4.07. The molecule has 3 nitrogen and oxygen atoms in total. The minimum atomic E-state index is 1.25. The molecule has 0 bridgehead atoms. The molecular formula is C8H11N3. The second kappa shape index (κ2) is 5.24. The van der Waals surface area contributed by atoms with Gasteiger partial charge in [-0.1, -0.05) is 18.2 Å². The van der Waals surface area contributed by atoms with Gasteiger partial charge < -0.3 is 4.90 Å². The lowest BCUT2D eigenvalue weighted by Crippen LogP contribution is -2.07. The second-order valence-corrected chi connectivity index (χ2v) is 2.23. The molecule has 0 aliphatic carbocycles. The van der Waals surface area contributed by atoms with Crippen LogP contribution in [0.1, 0.15) is 0 Å². The maximum absolute atomic E-state index is 6.00. The van der Waals surface area contributed by atoms with Crippen molar-refractivity contribution in [3.05, 3.63) is 30.3 Å². The molecule has 0 radical (unpaired) electrons. The molecule has 0 saturated heterocycles. The quantitative estimate of drug-likeness (QED) is 0.572. The Morgan fingerprint density at radius 1 is 1.00 bits per heavy atom. The first kappa shape index (κ1) is 9.44. The summed E-state index contributed by atoms with van der Waals surface area (Å²) in [6.45, 7) is 0. The van der Waals surface area contributed by atoms with Crippen LogP contribution in [0.15, 0.2) is 30.3 Å². The van der Waals surface area contributed by atoms with Gasteiger partial charge in [-0.15, -0.1) is 0 Å². The maximum atomic E-state index is 6.00. The molecule has 1 aromatic carbocycles. The van der Waals surface area contributed by atoms with E-state index in [1.54, 1.807) is 0 Å². The third kappa shape index (κ3) is 3.21. The number of benzene rings is 1. The summed E-state index contributed by atoms with van der Waals surface area (Å²) in [5.74, 6) is 0. The molecule has 0 unspecified atom stereocenters. The van der Waals surface area contributed by atoms with E-state index in [9.17, 15) is 0 Å². The van der Waals surface area contributed by atoms with Gasteiger partial charge in [-0.3, -0.25) is 0 Å². The highest BCUT2D eigenvalue weighted by molar-refractivity contribution is 5.43. The molecule has 1 rings (SSSR count). The van der Waals surface area contributed by atoms with Gasteiger partial charge in [-0.05, 0) is 12.1 Å². The Labute approximate surface area is 66.7 Å². The third-order valence-electron chi connectivity index (χ3n) is 1.27. The smallest absolute Gasteiger partial charge is 0.0360 e. The van der Waals surface area contributed by atoms with Crippen LogP contribution in [-0.2, 0) is 0 Å². The van der Waals surface area contributed by atoms with Crippen LogP contribution in [0.2, 0.25) is 0 Å². The van der Waals surface area contributed by atoms with Crippen molar-refractivity contribution in [1.82, 2.24) is 0 Å². The Bertz CT molecular complexity index is 203. The molecule has 58 valence electrons. The van der Waals surface area contributed by atoms with Crippen LogP contribution in [0, 0.1) is 10.8 Å². The van der Waals surface area contributed by atoms with Crippen molar-refractivity contribution in [1.29, 1.82) is 10.8 Å². The average Bonchev–Trinajstić information content (AvgIpc) is 2.10. The Hall–Kier alpha value is -1.56. The van der Waals surface area contributed by atoms with E-state index in [1.165, 1.54) is 5.69 Å². The van der Waals surface area contributed by atoms with E-state index in [-0.39, 0.29) is 0 Å². The lowest BCUT2D eigenvalue weighted by atomic mass is 10.3. The molecule has 0 aromatic heterocycles. The molecule has 0 atom stereocenters. The van der Waals surface area contributed by atoms with E-state index in [1.807, 2.05) is 32.3 Å². The predicted octanol–water partition coefficient (Wildman–Crippen LogP) is 1.78. The largest absolute Gasteiger partial charge is 0.378 e. The van der Waals surface area contributed by atoms with Crippen molar-refractivity contribution in [3.8, 4) is 0 Å². The highest BCUT2D eigenvalue weighted by Crippen LogP contribution is 2.07. The number of rotatable bonds is 1. The van der Waals surface area contributed by atoms with Gasteiger partial charge in [0.2, 0.25) is 0 Å². The van der Waals surface area contributed by atoms with Crippen LogP contribution in [0.3, 0.4) is 0 Å². The predicted molar refractivity (Wildman–Crippen MR) is 44.2 cm³/mol. The van der Waals surface area contributed by atoms with E-state index in [4.69, 9.17) is 10.8 Å². The first-order chi connectivity index (χ1) is 5.30. The zero-order valence-electron chi connectivity index (χ0n) is 6.73. The molecule has 0 spiro atoms. The second-order valence-electron chi connectivity index (χ2n) is 2.23. The summed E-state index contributed by atoms with van der Waals surface area (Å²) in [5.41, 5.74) is 1.25. The standard InChI is InChI=1S/C8H11N.N2/c1-9(2)8-6-4-3-5-7-8;1-2/h3-7H,1-2H3;. The van der Waals surface area contributed by atoms with E-state index < -0.39 is 0 Å². The molecule has 0 fully saturated rings. The van der Waals surface area contributed by atoms with E-state index in [0.717, 1.165) is 0 Å². The lowest BCUT2D eigenvalue weighted by molar-refractivity contribution is 1.13. The molecule has 0 saturated carbocycles. The minimum Gasteiger partial charge on any atom is -0.378 e. The molecule has 0 aliphatic heterocycles. The summed E-state index contributed by atoms with van der Waals surface area (Å²) >= 11 is 0. The summed E-state index contributed by atoms with van der Waals surface area (Å²) in [5, 5.41) is 12.0. The van der Waals surface area contributed by atoms with Gasteiger partial charge in [-0.2, -0.15) is 0 Å². The fraction of sp³-hybridized carbons (Fsp3) is 0.250. The van der Waals surface area contributed by atoms with Crippen LogP contribution in [0.5, 0.6) is 0 Å². The fourth-order valence-corrected chi connectivity index (χ4v) is 0.726. The third-order valence-corrected chi connectivity index (χ3v) is 1.27. The van der Waals surface area contributed by atoms with Crippen molar-refractivity contribution in [2.24, 2.45) is 0 Å². The van der Waals surface area contributed by atoms with Crippen LogP contribution in [0.25, 0.3) is 0 Å². The molecule has 11 heavy (non-hydrogen) atoms. The Kier molecular flexibility index (Phi) is 4.50. The van der Waals surface area contributed by atoms with Crippen molar-refractivity contribution >= 4 is 5.69 Å². The van der Waals surface area contributed by atoms with Crippen molar-refractivity contribution in [3.63, 3.8) is 0 Å².